The van der Waals surface area contributed by atoms with Gasteiger partial charge in [-0.3, -0.25) is 0 Å². The van der Waals surface area contributed by atoms with Gasteiger partial charge in [-0.25, -0.2) is 4.79 Å². The van der Waals surface area contributed by atoms with Crippen LogP contribution in [0.25, 0.3) is 0 Å². The second-order valence-electron chi connectivity index (χ2n) is 1.32. The van der Waals surface area contributed by atoms with Gasteiger partial charge in [-0.2, -0.15) is 13.2 Å². The van der Waals surface area contributed by atoms with Crippen molar-refractivity contribution >= 4 is 29.2 Å². The smallest absolute Gasteiger partial charge is 0.475 e. The number of halogens is 5. The van der Waals surface area contributed by atoms with Crippen LogP contribution >= 0.6 is 23.2 Å². The Hall–Kier alpha value is -0.160. The number of rotatable bonds is 0. The molecule has 0 heterocycles. The summed E-state index contributed by atoms with van der Waals surface area (Å²) in [4.78, 5) is 8.67. The number of carboxylic acids is 1. The lowest BCUT2D eigenvalue weighted by Crippen LogP contribution is -2.21. The zero-order valence-electron chi connectivity index (χ0n) is 5.32. The molecule has 1 N–H and O–H groups in total. The molecule has 0 aliphatic carbocycles. The van der Waals surface area contributed by atoms with Crippen LogP contribution in [0.15, 0.2) is 0 Å². The van der Waals surface area contributed by atoms with Crippen molar-refractivity contribution in [1.29, 1.82) is 0 Å². The van der Waals surface area contributed by atoms with Gasteiger partial charge in [-0.15, -0.1) is 23.2 Å². The summed E-state index contributed by atoms with van der Waals surface area (Å²) in [6, 6.07) is 0. The van der Waals surface area contributed by atoms with Gasteiger partial charge in [0.2, 0.25) is 0 Å². The molecule has 0 spiro atoms. The van der Waals surface area contributed by atoms with Crippen LogP contribution in [0, 0.1) is 0 Å². The van der Waals surface area contributed by atoms with E-state index in [2.05, 4.69) is 0 Å². The molecule has 0 saturated carbocycles. The van der Waals surface area contributed by atoms with Crippen molar-refractivity contribution < 1.29 is 23.1 Å². The van der Waals surface area contributed by atoms with Gasteiger partial charge < -0.3 is 5.11 Å². The molecule has 0 unspecified atom stereocenters. The first-order chi connectivity index (χ1) is 4.68. The van der Waals surface area contributed by atoms with E-state index in [4.69, 9.17) is 33.1 Å². The maximum atomic E-state index is 10.6. The third-order valence-electron chi connectivity index (χ3n) is 0.243. The molecule has 11 heavy (non-hydrogen) atoms. The zero-order chi connectivity index (χ0) is 9.65. The topological polar surface area (TPSA) is 37.3 Å². The molecule has 0 radical (unpaired) electrons. The van der Waals surface area contributed by atoms with Crippen molar-refractivity contribution in [2.75, 3.05) is 0 Å². The van der Waals surface area contributed by atoms with Crippen LogP contribution in [0.5, 0.6) is 0 Å². The molecule has 0 aromatic rings. The van der Waals surface area contributed by atoms with Crippen molar-refractivity contribution in [1.82, 2.24) is 0 Å². The van der Waals surface area contributed by atoms with E-state index in [1.165, 1.54) is 0 Å². The molecule has 0 aromatic carbocycles. The maximum Gasteiger partial charge on any atom is 0.490 e. The Morgan fingerprint density at radius 1 is 1.45 bits per heavy atom. The summed E-state index contributed by atoms with van der Waals surface area (Å²) in [5.74, 6) is -2.76. The fourth-order valence-electron chi connectivity index (χ4n) is 0. The van der Waals surface area contributed by atoms with E-state index in [1.807, 2.05) is 0 Å². The van der Waals surface area contributed by atoms with Crippen molar-refractivity contribution in [2.45, 2.75) is 17.9 Å². The molecule has 0 saturated heterocycles. The van der Waals surface area contributed by atoms with E-state index in [0.717, 1.165) is 0 Å². The minimum absolute atomic E-state index is 0.222. The lowest BCUT2D eigenvalue weighted by molar-refractivity contribution is -0.192. The number of carbonyl (C=O) groups is 1. The van der Waals surface area contributed by atoms with Crippen LogP contribution in [0.4, 0.5) is 13.2 Å². The SMILES string of the molecule is CC(Cl)Cl.O=C(O)C(F)(F)F. The van der Waals surface area contributed by atoms with E-state index < -0.39 is 12.1 Å². The first-order valence-corrected chi connectivity index (χ1v) is 3.13. The van der Waals surface area contributed by atoms with E-state index >= 15 is 0 Å². The number of carboxylic acid groups (broad SMARTS) is 1. The van der Waals surface area contributed by atoms with Crippen LogP contribution in [-0.4, -0.2) is 22.1 Å². The molecular weight excluding hydrogens is 208 g/mol. The molecule has 0 aliphatic heterocycles. The van der Waals surface area contributed by atoms with Gasteiger partial charge in [-0.05, 0) is 6.92 Å². The average molecular weight is 213 g/mol. The van der Waals surface area contributed by atoms with E-state index in [1.54, 1.807) is 6.92 Å². The number of aliphatic carboxylic acids is 1. The Labute approximate surface area is 70.9 Å². The Morgan fingerprint density at radius 2 is 1.55 bits per heavy atom. The fraction of sp³-hybridized carbons (Fsp3) is 0.750. The van der Waals surface area contributed by atoms with Gasteiger partial charge in [0.1, 0.15) is 4.84 Å². The van der Waals surface area contributed by atoms with Crippen molar-refractivity contribution in [3.05, 3.63) is 0 Å². The van der Waals surface area contributed by atoms with Crippen molar-refractivity contribution in [2.24, 2.45) is 0 Å². The molecule has 68 valence electrons. The minimum Gasteiger partial charge on any atom is -0.475 e. The predicted molar refractivity (Wildman–Crippen MR) is 34.9 cm³/mol. The Kier molecular flexibility index (Phi) is 6.70. The predicted octanol–water partition coefficient (Wildman–Crippen LogP) is 2.44. The van der Waals surface area contributed by atoms with Crippen LogP contribution in [0.2, 0.25) is 0 Å². The normalized spacial score (nSPS) is 10.5. The van der Waals surface area contributed by atoms with Gasteiger partial charge >= 0.3 is 12.1 Å². The first-order valence-electron chi connectivity index (χ1n) is 2.26. The summed E-state index contributed by atoms with van der Waals surface area (Å²) < 4.78 is 31.7. The van der Waals surface area contributed by atoms with Crippen molar-refractivity contribution in [3.8, 4) is 0 Å². The molecule has 0 aromatic heterocycles. The standard InChI is InChI=1S/C2H4Cl2.C2HF3O2/c1-2(3)4;3-2(4,5)1(6)7/h2H,1H3;(H,6,7). The van der Waals surface area contributed by atoms with Gasteiger partial charge in [-0.1, -0.05) is 0 Å². The largest absolute Gasteiger partial charge is 0.490 e. The molecule has 0 aliphatic rings. The summed E-state index contributed by atoms with van der Waals surface area (Å²) in [5, 5.41) is 7.12. The molecule has 2 nitrogen and oxygen atoms in total. The lowest BCUT2D eigenvalue weighted by atomic mass is 10.7. The summed E-state index contributed by atoms with van der Waals surface area (Å²) in [7, 11) is 0. The van der Waals surface area contributed by atoms with Crippen LogP contribution in [0.3, 0.4) is 0 Å². The lowest BCUT2D eigenvalue weighted by Gasteiger charge is -1.93. The highest BCUT2D eigenvalue weighted by Crippen LogP contribution is 2.13. The molecule has 0 rings (SSSR count). The second kappa shape index (κ2) is 5.49. The second-order valence-corrected chi connectivity index (χ2v) is 2.85. The average Bonchev–Trinajstić information content (AvgIpc) is 1.59. The molecule has 0 atom stereocenters. The van der Waals surface area contributed by atoms with Crippen LogP contribution < -0.4 is 0 Å². The van der Waals surface area contributed by atoms with Crippen molar-refractivity contribution in [3.63, 3.8) is 0 Å². The summed E-state index contributed by atoms with van der Waals surface area (Å²) >= 11 is 10.1. The Balaban J connectivity index is 0. The third kappa shape index (κ3) is 17.7. The molecular formula is C4H5Cl2F3O2. The first kappa shape index (κ1) is 13.4. The van der Waals surface area contributed by atoms with Gasteiger partial charge in [0.25, 0.3) is 0 Å². The van der Waals surface area contributed by atoms with E-state index in [-0.39, 0.29) is 4.84 Å². The Morgan fingerprint density at radius 3 is 1.55 bits per heavy atom. The van der Waals surface area contributed by atoms with Gasteiger partial charge in [0, 0.05) is 0 Å². The van der Waals surface area contributed by atoms with E-state index in [9.17, 15) is 13.2 Å². The fourth-order valence-corrected chi connectivity index (χ4v) is 0. The monoisotopic (exact) mass is 212 g/mol. The van der Waals surface area contributed by atoms with Crippen LogP contribution in [0.1, 0.15) is 6.92 Å². The number of hydrogen-bond acceptors (Lipinski definition) is 1. The quantitative estimate of drug-likeness (QED) is 0.627. The number of alkyl halides is 5. The van der Waals surface area contributed by atoms with E-state index in [0.29, 0.717) is 0 Å². The molecule has 0 fully saturated rings. The van der Waals surface area contributed by atoms with Gasteiger partial charge in [0.05, 0.1) is 0 Å². The highest BCUT2D eigenvalue weighted by Gasteiger charge is 2.38. The number of hydrogen-bond donors (Lipinski definition) is 1. The summed E-state index contributed by atoms with van der Waals surface area (Å²) in [5.41, 5.74) is 0. The van der Waals surface area contributed by atoms with Crippen LogP contribution in [-0.2, 0) is 4.79 Å². The summed E-state index contributed by atoms with van der Waals surface area (Å²) in [6.07, 6.45) is -5.08. The molecule has 7 heteroatoms. The third-order valence-corrected chi connectivity index (χ3v) is 0.243. The Bertz CT molecular complexity index is 120. The minimum atomic E-state index is -5.08. The zero-order valence-corrected chi connectivity index (χ0v) is 6.83. The molecule has 0 amide bonds. The summed E-state index contributed by atoms with van der Waals surface area (Å²) in [6.45, 7) is 1.70. The van der Waals surface area contributed by atoms with Gasteiger partial charge in [0.15, 0.2) is 0 Å². The molecule has 0 bridgehead atoms. The highest BCUT2D eigenvalue weighted by molar-refractivity contribution is 6.43. The maximum absolute atomic E-state index is 10.6. The highest BCUT2D eigenvalue weighted by atomic mass is 35.5.